The molecule has 1 aliphatic heterocycles. The summed E-state index contributed by atoms with van der Waals surface area (Å²) >= 11 is 0. The fourth-order valence-corrected chi connectivity index (χ4v) is 1.88. The van der Waals surface area contributed by atoms with E-state index in [0.717, 1.165) is 5.56 Å². The minimum Gasteiger partial charge on any atom is -0.486 e. The molecule has 2 rings (SSSR count). The molecule has 1 heterocycles. The number of nitrogens with one attached hydrogen (secondary N) is 1. The molecule has 0 bridgehead atoms. The van der Waals surface area contributed by atoms with Crippen molar-refractivity contribution in [3.05, 3.63) is 29.8 Å². The van der Waals surface area contributed by atoms with Crippen LogP contribution in [-0.4, -0.2) is 38.2 Å². The fourth-order valence-electron chi connectivity index (χ4n) is 1.88. The Hall–Kier alpha value is -2.50. The van der Waals surface area contributed by atoms with Crippen LogP contribution in [0.25, 0.3) is 6.08 Å². The lowest BCUT2D eigenvalue weighted by molar-refractivity contribution is -0.143. The zero-order valence-electron chi connectivity index (χ0n) is 13.3. The van der Waals surface area contributed by atoms with E-state index >= 15 is 0 Å². The molecule has 0 fully saturated rings. The van der Waals surface area contributed by atoms with Gasteiger partial charge in [0.2, 0.25) is 0 Å². The van der Waals surface area contributed by atoms with Crippen LogP contribution in [0.15, 0.2) is 24.3 Å². The summed E-state index contributed by atoms with van der Waals surface area (Å²) in [5.41, 5.74) is 0.787. The topological polar surface area (TPSA) is 73.9 Å². The Balaban J connectivity index is 1.80. The number of fused-ring (bicyclic) bond motifs is 1. The number of carbonyl (C=O) groups excluding carboxylic acids is 2. The molecule has 0 unspecified atom stereocenters. The van der Waals surface area contributed by atoms with Gasteiger partial charge in [0.15, 0.2) is 18.1 Å². The van der Waals surface area contributed by atoms with Crippen molar-refractivity contribution < 1.29 is 23.8 Å². The SMILES string of the molecule is CC(C)CNC(=O)COC(=O)/C=C/c1ccc2c(c1)OCCO2. The molecule has 0 atom stereocenters. The Kier molecular flexibility index (Phi) is 6.02. The summed E-state index contributed by atoms with van der Waals surface area (Å²) in [5.74, 6) is 0.821. The van der Waals surface area contributed by atoms with E-state index < -0.39 is 5.97 Å². The van der Waals surface area contributed by atoms with E-state index in [-0.39, 0.29) is 12.5 Å². The molecule has 23 heavy (non-hydrogen) atoms. The first kappa shape index (κ1) is 16.9. The summed E-state index contributed by atoms with van der Waals surface area (Å²) in [6, 6.07) is 5.39. The lowest BCUT2D eigenvalue weighted by Crippen LogP contribution is -2.31. The number of hydrogen-bond donors (Lipinski definition) is 1. The number of esters is 1. The lowest BCUT2D eigenvalue weighted by atomic mass is 10.2. The highest BCUT2D eigenvalue weighted by molar-refractivity contribution is 5.89. The molecular formula is C17H21NO5. The molecule has 1 aromatic rings. The molecule has 0 radical (unpaired) electrons. The van der Waals surface area contributed by atoms with Crippen molar-refractivity contribution in [3.8, 4) is 11.5 Å². The molecule has 0 saturated heterocycles. The van der Waals surface area contributed by atoms with Crippen LogP contribution in [0, 0.1) is 5.92 Å². The van der Waals surface area contributed by atoms with Gasteiger partial charge in [-0.2, -0.15) is 0 Å². The van der Waals surface area contributed by atoms with E-state index in [1.54, 1.807) is 18.2 Å². The second kappa shape index (κ2) is 8.22. The molecule has 0 aliphatic carbocycles. The zero-order chi connectivity index (χ0) is 16.7. The summed E-state index contributed by atoms with van der Waals surface area (Å²) in [4.78, 5) is 23.0. The van der Waals surface area contributed by atoms with Gasteiger partial charge in [-0.05, 0) is 29.7 Å². The first-order valence-electron chi connectivity index (χ1n) is 7.56. The first-order chi connectivity index (χ1) is 11.0. The van der Waals surface area contributed by atoms with Crippen molar-refractivity contribution in [2.75, 3.05) is 26.4 Å². The number of hydrogen-bond acceptors (Lipinski definition) is 5. The number of rotatable bonds is 6. The van der Waals surface area contributed by atoms with Gasteiger partial charge in [-0.3, -0.25) is 4.79 Å². The Morgan fingerprint density at radius 3 is 2.74 bits per heavy atom. The lowest BCUT2D eigenvalue weighted by Gasteiger charge is -2.18. The summed E-state index contributed by atoms with van der Waals surface area (Å²) in [6.07, 6.45) is 2.88. The minimum absolute atomic E-state index is 0.281. The summed E-state index contributed by atoms with van der Waals surface area (Å²) in [7, 11) is 0. The van der Waals surface area contributed by atoms with Crippen LogP contribution in [-0.2, 0) is 14.3 Å². The highest BCUT2D eigenvalue weighted by atomic mass is 16.6. The molecule has 1 amide bonds. The standard InChI is InChI=1S/C17H21NO5/c1-12(2)10-18-16(19)11-23-17(20)6-4-13-3-5-14-15(9-13)22-8-7-21-14/h3-6,9,12H,7-8,10-11H2,1-2H3,(H,18,19)/b6-4+. The van der Waals surface area contributed by atoms with Crippen LogP contribution in [0.4, 0.5) is 0 Å². The predicted molar refractivity (Wildman–Crippen MR) is 85.3 cm³/mol. The van der Waals surface area contributed by atoms with Gasteiger partial charge in [0.05, 0.1) is 0 Å². The van der Waals surface area contributed by atoms with Gasteiger partial charge in [0.1, 0.15) is 13.2 Å². The van der Waals surface area contributed by atoms with Crippen molar-refractivity contribution in [1.82, 2.24) is 5.32 Å². The van der Waals surface area contributed by atoms with Crippen LogP contribution in [0.1, 0.15) is 19.4 Å². The maximum absolute atomic E-state index is 11.6. The van der Waals surface area contributed by atoms with Crippen LogP contribution in [0.2, 0.25) is 0 Å². The van der Waals surface area contributed by atoms with Gasteiger partial charge in [0, 0.05) is 12.6 Å². The summed E-state index contributed by atoms with van der Waals surface area (Å²) in [5, 5.41) is 2.67. The monoisotopic (exact) mass is 319 g/mol. The summed E-state index contributed by atoms with van der Waals surface area (Å²) in [6.45, 7) is 5.30. The Morgan fingerprint density at radius 1 is 1.26 bits per heavy atom. The Labute approximate surface area is 135 Å². The van der Waals surface area contributed by atoms with E-state index in [2.05, 4.69) is 5.32 Å². The van der Waals surface area contributed by atoms with Crippen molar-refractivity contribution in [2.45, 2.75) is 13.8 Å². The van der Waals surface area contributed by atoms with Crippen molar-refractivity contribution in [1.29, 1.82) is 0 Å². The minimum atomic E-state index is -0.570. The maximum atomic E-state index is 11.6. The molecule has 0 spiro atoms. The van der Waals surface area contributed by atoms with Crippen molar-refractivity contribution >= 4 is 18.0 Å². The number of ether oxygens (including phenoxy) is 3. The quantitative estimate of drug-likeness (QED) is 0.639. The second-order valence-electron chi connectivity index (χ2n) is 5.54. The Morgan fingerprint density at radius 2 is 2.00 bits per heavy atom. The third kappa shape index (κ3) is 5.65. The zero-order valence-corrected chi connectivity index (χ0v) is 13.3. The largest absolute Gasteiger partial charge is 0.486 e. The van der Waals surface area contributed by atoms with Gasteiger partial charge in [-0.15, -0.1) is 0 Å². The second-order valence-corrected chi connectivity index (χ2v) is 5.54. The van der Waals surface area contributed by atoms with Crippen molar-refractivity contribution in [3.63, 3.8) is 0 Å². The summed E-state index contributed by atoms with van der Waals surface area (Å²) < 4.78 is 15.8. The predicted octanol–water partition coefficient (Wildman–Crippen LogP) is 1.79. The highest BCUT2D eigenvalue weighted by Gasteiger charge is 2.11. The van der Waals surface area contributed by atoms with Gasteiger partial charge in [0.25, 0.3) is 5.91 Å². The van der Waals surface area contributed by atoms with Crippen LogP contribution < -0.4 is 14.8 Å². The van der Waals surface area contributed by atoms with E-state index in [1.807, 2.05) is 19.9 Å². The average molecular weight is 319 g/mol. The highest BCUT2D eigenvalue weighted by Crippen LogP contribution is 2.31. The third-order valence-electron chi connectivity index (χ3n) is 3.03. The Bertz CT molecular complexity index is 595. The smallest absolute Gasteiger partial charge is 0.331 e. The van der Waals surface area contributed by atoms with Crippen LogP contribution in [0.3, 0.4) is 0 Å². The molecule has 1 aromatic carbocycles. The van der Waals surface area contributed by atoms with Crippen molar-refractivity contribution in [2.24, 2.45) is 5.92 Å². The molecular weight excluding hydrogens is 298 g/mol. The van der Waals surface area contributed by atoms with E-state index in [4.69, 9.17) is 14.2 Å². The molecule has 0 saturated carbocycles. The molecule has 1 aliphatic rings. The number of benzene rings is 1. The molecule has 6 heteroatoms. The van der Waals surface area contributed by atoms with Gasteiger partial charge >= 0.3 is 5.97 Å². The number of amides is 1. The maximum Gasteiger partial charge on any atom is 0.331 e. The number of carbonyl (C=O) groups is 2. The molecule has 1 N–H and O–H groups in total. The normalized spacial score (nSPS) is 13.2. The van der Waals surface area contributed by atoms with Gasteiger partial charge in [-0.25, -0.2) is 4.79 Å². The van der Waals surface area contributed by atoms with E-state index in [1.165, 1.54) is 6.08 Å². The third-order valence-corrected chi connectivity index (χ3v) is 3.03. The van der Waals surface area contributed by atoms with E-state index in [9.17, 15) is 9.59 Å². The molecule has 124 valence electrons. The van der Waals surface area contributed by atoms with Crippen LogP contribution in [0.5, 0.6) is 11.5 Å². The molecule has 6 nitrogen and oxygen atoms in total. The van der Waals surface area contributed by atoms with Gasteiger partial charge < -0.3 is 19.5 Å². The average Bonchev–Trinajstić information content (AvgIpc) is 2.56. The first-order valence-corrected chi connectivity index (χ1v) is 7.56. The van der Waals surface area contributed by atoms with Gasteiger partial charge in [-0.1, -0.05) is 19.9 Å². The molecule has 0 aromatic heterocycles. The van der Waals surface area contributed by atoms with E-state index in [0.29, 0.717) is 37.2 Å². The van der Waals surface area contributed by atoms with Crippen LogP contribution >= 0.6 is 0 Å². The fraction of sp³-hybridized carbons (Fsp3) is 0.412.